The molecule has 2 heteroatoms. The van der Waals surface area contributed by atoms with Crippen molar-refractivity contribution in [2.45, 2.75) is 50.5 Å². The monoisotopic (exact) mass is 244 g/mol. The lowest BCUT2D eigenvalue weighted by Crippen LogP contribution is -2.59. The van der Waals surface area contributed by atoms with Gasteiger partial charge in [-0.25, -0.2) is 0 Å². The van der Waals surface area contributed by atoms with Crippen LogP contribution in [0.1, 0.15) is 44.7 Å². The van der Waals surface area contributed by atoms with Crippen molar-refractivity contribution in [1.82, 2.24) is 10.3 Å². The van der Waals surface area contributed by atoms with Crippen LogP contribution in [0.15, 0.2) is 18.3 Å². The number of aromatic amines is 1. The van der Waals surface area contributed by atoms with E-state index < -0.39 is 0 Å². The zero-order valence-electron chi connectivity index (χ0n) is 11.3. The fraction of sp³-hybridized carbons (Fsp3) is 0.750. The molecule has 18 heavy (non-hydrogen) atoms. The zero-order chi connectivity index (χ0) is 12.2. The van der Waals surface area contributed by atoms with Gasteiger partial charge < -0.3 is 10.3 Å². The van der Waals surface area contributed by atoms with Crippen molar-refractivity contribution in [2.24, 2.45) is 17.8 Å². The van der Waals surface area contributed by atoms with Crippen molar-refractivity contribution in [3.8, 4) is 0 Å². The molecule has 4 aliphatic carbocycles. The topological polar surface area (TPSA) is 27.8 Å². The largest absolute Gasteiger partial charge is 0.365 e. The molecule has 4 bridgehead atoms. The Balaban J connectivity index is 1.67. The summed E-state index contributed by atoms with van der Waals surface area (Å²) in [4.78, 5) is 3.52. The molecular formula is C16H24N2. The Kier molecular flexibility index (Phi) is 2.38. The van der Waals surface area contributed by atoms with E-state index >= 15 is 0 Å². The Morgan fingerprint density at radius 1 is 1.28 bits per heavy atom. The first-order valence-corrected chi connectivity index (χ1v) is 7.68. The van der Waals surface area contributed by atoms with E-state index in [1.54, 1.807) is 0 Å². The van der Waals surface area contributed by atoms with E-state index in [4.69, 9.17) is 0 Å². The number of hydrogen-bond donors (Lipinski definition) is 2. The summed E-state index contributed by atoms with van der Waals surface area (Å²) >= 11 is 0. The van der Waals surface area contributed by atoms with Crippen LogP contribution in [0.4, 0.5) is 0 Å². The fourth-order valence-corrected chi connectivity index (χ4v) is 5.58. The molecule has 1 aromatic rings. The predicted molar refractivity (Wildman–Crippen MR) is 73.5 cm³/mol. The highest BCUT2D eigenvalue weighted by Gasteiger charge is 2.55. The maximum absolute atomic E-state index is 3.78. The third-order valence-electron chi connectivity index (χ3n) is 5.88. The summed E-state index contributed by atoms with van der Waals surface area (Å²) in [6, 6.07) is 5.32. The van der Waals surface area contributed by atoms with Crippen LogP contribution in [0.25, 0.3) is 0 Å². The fourth-order valence-electron chi connectivity index (χ4n) is 5.58. The van der Waals surface area contributed by atoms with E-state index in [0.29, 0.717) is 5.41 Å². The van der Waals surface area contributed by atoms with Gasteiger partial charge in [0.2, 0.25) is 0 Å². The average molecular weight is 244 g/mol. The Morgan fingerprint density at radius 2 is 2.06 bits per heavy atom. The lowest BCUT2D eigenvalue weighted by atomic mass is 9.47. The minimum atomic E-state index is 0.506. The van der Waals surface area contributed by atoms with E-state index in [9.17, 15) is 0 Å². The smallest absolute Gasteiger partial charge is 0.0210 e. The number of rotatable bonds is 3. The quantitative estimate of drug-likeness (QED) is 0.840. The van der Waals surface area contributed by atoms with Gasteiger partial charge in [0.1, 0.15) is 0 Å². The van der Waals surface area contributed by atoms with Crippen LogP contribution >= 0.6 is 0 Å². The number of hydrogen-bond acceptors (Lipinski definition) is 1. The summed E-state index contributed by atoms with van der Waals surface area (Å²) in [5.41, 5.74) is 2.03. The summed E-state index contributed by atoms with van der Waals surface area (Å²) in [7, 11) is 0. The maximum atomic E-state index is 3.78. The predicted octanol–water partition coefficient (Wildman–Crippen LogP) is 3.07. The van der Waals surface area contributed by atoms with Crippen molar-refractivity contribution >= 4 is 0 Å². The molecule has 5 rings (SSSR count). The van der Waals surface area contributed by atoms with Crippen LogP contribution in [0.3, 0.4) is 0 Å². The summed E-state index contributed by atoms with van der Waals surface area (Å²) in [6.07, 6.45) is 9.35. The highest BCUT2D eigenvalue weighted by atomic mass is 14.9. The van der Waals surface area contributed by atoms with E-state index in [2.05, 4.69) is 35.6 Å². The van der Waals surface area contributed by atoms with Crippen LogP contribution < -0.4 is 5.32 Å². The molecule has 4 fully saturated rings. The molecule has 2 nitrogen and oxygen atoms in total. The van der Waals surface area contributed by atoms with Gasteiger partial charge in [-0.2, -0.15) is 0 Å². The molecule has 2 unspecified atom stereocenters. The van der Waals surface area contributed by atoms with Gasteiger partial charge in [0.15, 0.2) is 0 Å². The van der Waals surface area contributed by atoms with E-state index in [1.165, 1.54) is 37.8 Å². The van der Waals surface area contributed by atoms with Gasteiger partial charge in [-0.15, -0.1) is 0 Å². The molecule has 4 aliphatic rings. The minimum Gasteiger partial charge on any atom is -0.365 e. The first-order chi connectivity index (χ1) is 8.81. The molecule has 0 amide bonds. The number of H-pyrrole nitrogens is 1. The van der Waals surface area contributed by atoms with Gasteiger partial charge in [0.05, 0.1) is 0 Å². The highest BCUT2D eigenvalue weighted by Crippen LogP contribution is 2.60. The Labute approximate surface area is 110 Å². The molecule has 4 saturated carbocycles. The first kappa shape index (κ1) is 11.1. The average Bonchev–Trinajstić information content (AvgIpc) is 2.87. The summed E-state index contributed by atoms with van der Waals surface area (Å²) in [6.45, 7) is 3.39. The van der Waals surface area contributed by atoms with Crippen molar-refractivity contribution in [3.63, 3.8) is 0 Å². The van der Waals surface area contributed by atoms with E-state index in [0.717, 1.165) is 30.3 Å². The SMILES string of the molecule is CCNC1C2CC3CC1CC(c1ccc[nH]1)(C3)C2. The highest BCUT2D eigenvalue weighted by molar-refractivity contribution is 5.24. The molecule has 2 atom stereocenters. The van der Waals surface area contributed by atoms with Gasteiger partial charge >= 0.3 is 0 Å². The van der Waals surface area contributed by atoms with Crippen molar-refractivity contribution in [2.75, 3.05) is 6.54 Å². The standard InChI is InChI=1S/C16H24N2/c1-2-17-15-12-6-11-7-13(15)10-16(8-11,9-12)14-4-3-5-18-14/h3-5,11-13,15,17-18H,2,6-10H2,1H3. The molecule has 0 radical (unpaired) electrons. The van der Waals surface area contributed by atoms with Crippen molar-refractivity contribution in [3.05, 3.63) is 24.0 Å². The third kappa shape index (κ3) is 1.45. The molecule has 0 aliphatic heterocycles. The van der Waals surface area contributed by atoms with Crippen molar-refractivity contribution < 1.29 is 0 Å². The second-order valence-corrected chi connectivity index (χ2v) is 6.92. The first-order valence-electron chi connectivity index (χ1n) is 7.68. The lowest BCUT2D eigenvalue weighted by molar-refractivity contribution is -0.0358. The summed E-state index contributed by atoms with van der Waals surface area (Å²) in [5, 5.41) is 3.78. The van der Waals surface area contributed by atoms with Crippen molar-refractivity contribution in [1.29, 1.82) is 0 Å². The molecular weight excluding hydrogens is 220 g/mol. The molecule has 1 heterocycles. The molecule has 98 valence electrons. The minimum absolute atomic E-state index is 0.506. The Bertz CT molecular complexity index is 406. The molecule has 0 spiro atoms. The van der Waals surface area contributed by atoms with Crippen LogP contribution in [0.5, 0.6) is 0 Å². The second kappa shape index (κ2) is 3.86. The zero-order valence-corrected chi connectivity index (χ0v) is 11.3. The molecule has 0 aromatic carbocycles. The van der Waals surface area contributed by atoms with Crippen LogP contribution in [0, 0.1) is 17.8 Å². The Morgan fingerprint density at radius 3 is 2.67 bits per heavy atom. The van der Waals surface area contributed by atoms with Crippen LogP contribution in [-0.4, -0.2) is 17.6 Å². The number of aromatic nitrogens is 1. The summed E-state index contributed by atoms with van der Waals surface area (Å²) in [5.74, 6) is 2.86. The third-order valence-corrected chi connectivity index (χ3v) is 5.88. The molecule has 1 aromatic heterocycles. The molecule has 0 saturated heterocycles. The van der Waals surface area contributed by atoms with E-state index in [1.807, 2.05) is 0 Å². The van der Waals surface area contributed by atoms with Crippen LogP contribution in [0.2, 0.25) is 0 Å². The Hall–Kier alpha value is -0.760. The van der Waals surface area contributed by atoms with E-state index in [-0.39, 0.29) is 0 Å². The van der Waals surface area contributed by atoms with Gasteiger partial charge in [0.25, 0.3) is 0 Å². The summed E-state index contributed by atoms with van der Waals surface area (Å²) < 4.78 is 0. The van der Waals surface area contributed by atoms with Gasteiger partial charge in [-0.05, 0) is 68.5 Å². The lowest BCUT2D eigenvalue weighted by Gasteiger charge is -2.60. The van der Waals surface area contributed by atoms with Crippen LogP contribution in [-0.2, 0) is 5.41 Å². The van der Waals surface area contributed by atoms with Gasteiger partial charge in [-0.1, -0.05) is 6.92 Å². The second-order valence-electron chi connectivity index (χ2n) is 6.92. The maximum Gasteiger partial charge on any atom is 0.0210 e. The van der Waals surface area contributed by atoms with Gasteiger partial charge in [0, 0.05) is 23.3 Å². The molecule has 2 N–H and O–H groups in total. The number of nitrogens with one attached hydrogen (secondary N) is 2. The normalized spacial score (nSPS) is 45.6. The van der Waals surface area contributed by atoms with Gasteiger partial charge in [-0.3, -0.25) is 0 Å².